The third-order valence-electron chi connectivity index (χ3n) is 26.4. The minimum absolute atomic E-state index is 0.0277. The van der Waals surface area contributed by atoms with Crippen molar-refractivity contribution in [1.82, 2.24) is 0 Å². The highest BCUT2D eigenvalue weighted by Gasteiger charge is 2.40. The van der Waals surface area contributed by atoms with E-state index in [1.54, 1.807) is 16.7 Å². The van der Waals surface area contributed by atoms with Crippen LogP contribution in [0.4, 0.5) is 8.78 Å². The van der Waals surface area contributed by atoms with Crippen LogP contribution in [0, 0.1) is 63.2 Å². The quantitative estimate of drug-likeness (QED) is 0.128. The molecular formula is C108H134F2. The summed E-state index contributed by atoms with van der Waals surface area (Å²) in [5.41, 5.74) is 19.6. The van der Waals surface area contributed by atoms with Gasteiger partial charge in [0, 0.05) is 12.8 Å². The Balaban J connectivity index is 0.000000131. The van der Waals surface area contributed by atoms with Crippen LogP contribution in [0.15, 0.2) is 218 Å². The van der Waals surface area contributed by atoms with Crippen LogP contribution in [0.25, 0.3) is 64.6 Å². The van der Waals surface area contributed by atoms with Gasteiger partial charge in [0.1, 0.15) is 0 Å². The lowest BCUT2D eigenvalue weighted by molar-refractivity contribution is -0.0381. The predicted molar refractivity (Wildman–Crippen MR) is 479 cm³/mol. The molecule has 0 atom stereocenters. The molecule has 4 aliphatic rings. The van der Waals surface area contributed by atoms with E-state index in [2.05, 4.69) is 338 Å². The van der Waals surface area contributed by atoms with Crippen molar-refractivity contribution in [2.24, 2.45) is 21.7 Å². The lowest BCUT2D eigenvalue weighted by Crippen LogP contribution is -2.33. The van der Waals surface area contributed by atoms with Gasteiger partial charge in [-0.2, -0.15) is 0 Å². The fourth-order valence-corrected chi connectivity index (χ4v) is 20.0. The summed E-state index contributed by atoms with van der Waals surface area (Å²) in [5.74, 6) is -0.716. The van der Waals surface area contributed by atoms with Crippen molar-refractivity contribution < 1.29 is 8.78 Å². The fraction of sp³-hybridized carbons (Fsp3) is 0.444. The molecule has 0 radical (unpaired) electrons. The molecule has 4 aliphatic carbocycles. The summed E-state index contributed by atoms with van der Waals surface area (Å²) in [7, 11) is 0. The van der Waals surface area contributed by atoms with Gasteiger partial charge < -0.3 is 0 Å². The molecule has 0 N–H and O–H groups in total. The zero-order chi connectivity index (χ0) is 79.0. The van der Waals surface area contributed by atoms with E-state index >= 15 is 0 Å². The Bertz CT molecular complexity index is 4950. The third-order valence-corrected chi connectivity index (χ3v) is 26.4. The summed E-state index contributed by atoms with van der Waals surface area (Å²) in [5, 5.41) is 16.6. The molecule has 4 saturated carbocycles. The number of halogens is 2. The van der Waals surface area contributed by atoms with Crippen molar-refractivity contribution >= 4 is 64.6 Å². The van der Waals surface area contributed by atoms with Crippen molar-refractivity contribution in [1.29, 1.82) is 0 Å². The van der Waals surface area contributed by atoms with Gasteiger partial charge in [-0.1, -0.05) is 355 Å². The minimum atomic E-state index is -2.45. The fourth-order valence-electron chi connectivity index (χ4n) is 20.0. The van der Waals surface area contributed by atoms with Crippen LogP contribution >= 0.6 is 0 Å². The molecule has 16 rings (SSSR count). The highest BCUT2D eigenvalue weighted by atomic mass is 19.3. The molecule has 0 aliphatic heterocycles. The molecule has 0 bridgehead atoms. The van der Waals surface area contributed by atoms with Crippen LogP contribution in [0.3, 0.4) is 0 Å². The Labute approximate surface area is 664 Å². The predicted octanol–water partition coefficient (Wildman–Crippen LogP) is 33.1. The average Bonchev–Trinajstić information content (AvgIpc) is 0.902. The molecule has 580 valence electrons. The first-order valence-electron chi connectivity index (χ1n) is 42.5. The molecule has 110 heavy (non-hydrogen) atoms. The van der Waals surface area contributed by atoms with Gasteiger partial charge in [0.25, 0.3) is 0 Å². The number of hydrogen-bond donors (Lipinski definition) is 0. The molecular weight excluding hydrogens is 1340 g/mol. The van der Waals surface area contributed by atoms with Crippen LogP contribution < -0.4 is 0 Å². The van der Waals surface area contributed by atoms with E-state index in [0.717, 1.165) is 5.92 Å². The second kappa shape index (κ2) is 35.0. The Morgan fingerprint density at radius 2 is 0.636 bits per heavy atom. The molecule has 4 fully saturated rings. The van der Waals surface area contributed by atoms with E-state index in [-0.39, 0.29) is 24.2 Å². The Hall–Kier alpha value is -7.94. The van der Waals surface area contributed by atoms with Gasteiger partial charge in [-0.25, -0.2) is 8.78 Å². The summed E-state index contributed by atoms with van der Waals surface area (Å²) in [4.78, 5) is 0. The molecule has 2 heteroatoms. The highest BCUT2D eigenvalue weighted by molar-refractivity contribution is 5.91. The SMILES string of the molecule is CCC(C)(C)c1cc(C)cc2ccccc12.CCC(C)(CC)c1cc(C)cc2ccccc12.Cc1cc(C2CC(C)(C)CC(C)(C)C2)c2ccccc2c1.Cc1cc(C2CCC(C)(C)CC2)c2ccccc2c1.Cc1cc(C2CCC(F)(F)CC2)c2ccccc2c1.Cc1cc(CC2(C)CCCC2)c2ccccc2c1. The average molecular weight is 1470 g/mol. The molecule has 0 nitrogen and oxygen atoms in total. The second-order valence-corrected chi connectivity index (χ2v) is 38.3. The first kappa shape index (κ1) is 83.0. The maximum absolute atomic E-state index is 13.3. The maximum atomic E-state index is 13.3. The van der Waals surface area contributed by atoms with Gasteiger partial charge in [0.15, 0.2) is 0 Å². The summed E-state index contributed by atoms with van der Waals surface area (Å²) in [6.07, 6.45) is 21.0. The third kappa shape index (κ3) is 20.8. The Morgan fingerprint density at radius 1 is 0.327 bits per heavy atom. The molecule has 0 amide bonds. The summed E-state index contributed by atoms with van der Waals surface area (Å²) < 4.78 is 26.6. The van der Waals surface area contributed by atoms with Gasteiger partial charge in [0.05, 0.1) is 0 Å². The van der Waals surface area contributed by atoms with E-state index in [0.29, 0.717) is 45.8 Å². The standard InChI is InChI=1S/C21H28.C19H24.C18H22.C17H18F2.C17H22.C16H20/c1-15-10-16-8-6-7-9-18(16)19(11-15)17-12-20(2,3)14-21(4,5)13-17;1-14-12-16-6-4-5-7-17(16)18(13-14)15-8-10-19(2,3)11-9-15;1-14-11-15-7-3-4-8-17(15)16(12-14)13-18(2)9-5-6-10-18;1-12-10-14-4-2-3-5-15(14)16(11-12)13-6-8-17(18,19)9-7-13;1-5-17(4,6-2)16-12-13(3)11-14-9-7-8-10-15(14)16;1-5-16(3,4)15-11-12(2)10-13-8-6-7-9-14(13)15/h6-11,17H,12-14H2,1-5H3;4-7,12-13,15H,8-11H2,1-3H3;3-4,7-8,11-12H,5-6,9-10,13H2,1-2H3;2-5,10-11,13H,6-9H2,1H3;7-12H,5-6H2,1-4H3;6-11H,5H2,1-4H3. The van der Waals surface area contributed by atoms with Gasteiger partial charge in [0.2, 0.25) is 5.92 Å². The number of fused-ring (bicyclic) bond motifs is 6. The van der Waals surface area contributed by atoms with Crippen molar-refractivity contribution in [3.63, 3.8) is 0 Å². The van der Waals surface area contributed by atoms with Crippen LogP contribution in [0.2, 0.25) is 0 Å². The zero-order valence-electron chi connectivity index (χ0n) is 71.2. The van der Waals surface area contributed by atoms with Gasteiger partial charge >= 0.3 is 0 Å². The van der Waals surface area contributed by atoms with Gasteiger partial charge in [-0.3, -0.25) is 0 Å². The van der Waals surface area contributed by atoms with E-state index in [1.807, 2.05) is 12.1 Å². The van der Waals surface area contributed by atoms with Gasteiger partial charge in [-0.15, -0.1) is 0 Å². The lowest BCUT2D eigenvalue weighted by atomic mass is 9.60. The smallest absolute Gasteiger partial charge is 0.207 e. The highest BCUT2D eigenvalue weighted by Crippen LogP contribution is 2.53. The zero-order valence-corrected chi connectivity index (χ0v) is 71.2. The molecule has 12 aromatic rings. The Morgan fingerprint density at radius 3 is 1.03 bits per heavy atom. The van der Waals surface area contributed by atoms with Crippen molar-refractivity contribution in [2.45, 2.75) is 288 Å². The summed E-state index contributed by atoms with van der Waals surface area (Å²) >= 11 is 0. The van der Waals surface area contributed by atoms with E-state index in [4.69, 9.17) is 0 Å². The van der Waals surface area contributed by atoms with Crippen LogP contribution in [-0.4, -0.2) is 5.92 Å². The number of rotatable bonds is 10. The number of alkyl halides is 2. The van der Waals surface area contributed by atoms with E-state index in [1.165, 1.54) is 211 Å². The first-order valence-corrected chi connectivity index (χ1v) is 42.5. The summed E-state index contributed by atoms with van der Waals surface area (Å²) in [6, 6.07) is 80.1. The van der Waals surface area contributed by atoms with Crippen LogP contribution in [0.5, 0.6) is 0 Å². The summed E-state index contributed by atoms with van der Waals surface area (Å²) in [6.45, 7) is 44.1. The maximum Gasteiger partial charge on any atom is 0.248 e. The topological polar surface area (TPSA) is 0 Å². The van der Waals surface area contributed by atoms with E-state index < -0.39 is 5.92 Å². The second-order valence-electron chi connectivity index (χ2n) is 38.3. The number of hydrogen-bond acceptors (Lipinski definition) is 0. The monoisotopic (exact) mass is 1470 g/mol. The van der Waals surface area contributed by atoms with Crippen molar-refractivity contribution in [3.05, 3.63) is 285 Å². The molecule has 12 aromatic carbocycles. The normalized spacial score (nSPS) is 17.5. The molecule has 0 unspecified atom stereocenters. The molecule has 0 aromatic heterocycles. The van der Waals surface area contributed by atoms with Gasteiger partial charge in [-0.05, 0) is 286 Å². The molecule has 0 saturated heterocycles. The number of benzene rings is 12. The minimum Gasteiger partial charge on any atom is -0.207 e. The Kier molecular flexibility index (Phi) is 26.4. The lowest BCUT2D eigenvalue weighted by Gasteiger charge is -2.45. The first-order chi connectivity index (χ1) is 52.2. The van der Waals surface area contributed by atoms with Crippen molar-refractivity contribution in [2.75, 3.05) is 0 Å². The van der Waals surface area contributed by atoms with E-state index in [9.17, 15) is 8.78 Å². The number of aryl methyl sites for hydroxylation is 6. The molecule has 0 spiro atoms. The van der Waals surface area contributed by atoms with Crippen LogP contribution in [0.1, 0.15) is 290 Å². The van der Waals surface area contributed by atoms with Crippen LogP contribution in [-0.2, 0) is 17.3 Å². The van der Waals surface area contributed by atoms with Crippen molar-refractivity contribution in [3.8, 4) is 0 Å². The molecule has 0 heterocycles. The largest absolute Gasteiger partial charge is 0.248 e.